The van der Waals surface area contributed by atoms with Crippen LogP contribution in [0.4, 0.5) is 11.4 Å². The summed E-state index contributed by atoms with van der Waals surface area (Å²) in [6.07, 6.45) is 0.698. The molecular formula is C36H49N11. The van der Waals surface area contributed by atoms with E-state index < -0.39 is 6.17 Å². The highest BCUT2D eigenvalue weighted by molar-refractivity contribution is 6.10. The number of amidine groups is 1. The summed E-state index contributed by atoms with van der Waals surface area (Å²) in [4.78, 5) is 31.4. The molecule has 11 nitrogen and oxygen atoms in total. The molecule has 2 aliphatic heterocycles. The third-order valence-corrected chi connectivity index (χ3v) is 9.05. The smallest absolute Gasteiger partial charge is 0.220 e. The maximum atomic E-state index is 7.00. The van der Waals surface area contributed by atoms with Crippen LogP contribution in [-0.4, -0.2) is 123 Å². The van der Waals surface area contributed by atoms with Crippen molar-refractivity contribution in [2.75, 3.05) is 91.4 Å². The van der Waals surface area contributed by atoms with Crippen LogP contribution in [0.3, 0.4) is 0 Å². The van der Waals surface area contributed by atoms with E-state index in [1.165, 1.54) is 0 Å². The fourth-order valence-electron chi connectivity index (χ4n) is 6.59. The van der Waals surface area contributed by atoms with E-state index in [-0.39, 0.29) is 0 Å². The Morgan fingerprint density at radius 3 is 1.96 bits per heavy atom. The number of nitrogens with zero attached hydrogens (tertiary/aromatic N) is 10. The number of anilines is 2. The standard InChI is InChI=1S/C36H49N11/c1-24-20-32(43(5)6)28-22-26(10-12-30(28)38-24)34-40-35(27-11-13-31-29(23-27)33(44(7)8)21-25(2)39-31)47(37)36(41-34)46-18-16-45(17-19-46)15-9-14-42(3)4/h10-13,20-23,35H,9,14-19,37H2,1-8H3. The average molecular weight is 636 g/mol. The second-order valence-corrected chi connectivity index (χ2v) is 13.5. The molecule has 6 rings (SSSR count). The molecule has 2 aliphatic rings. The van der Waals surface area contributed by atoms with Crippen LogP contribution in [0.1, 0.15) is 35.1 Å². The number of nitrogens with two attached hydrogens (primary N) is 1. The largest absolute Gasteiger partial charge is 0.377 e. The summed E-state index contributed by atoms with van der Waals surface area (Å²) in [5.74, 6) is 8.42. The molecule has 1 atom stereocenters. The minimum atomic E-state index is -0.462. The first kappa shape index (κ1) is 32.6. The zero-order chi connectivity index (χ0) is 33.4. The van der Waals surface area contributed by atoms with Crippen LogP contribution >= 0.6 is 0 Å². The van der Waals surface area contributed by atoms with Gasteiger partial charge in [0, 0.05) is 93.5 Å². The lowest BCUT2D eigenvalue weighted by Crippen LogP contribution is -2.57. The number of hydrogen-bond donors (Lipinski definition) is 1. The quantitative estimate of drug-likeness (QED) is 0.287. The number of hydrazine groups is 1. The van der Waals surface area contributed by atoms with Crippen LogP contribution < -0.4 is 15.6 Å². The zero-order valence-electron chi connectivity index (χ0n) is 29.2. The zero-order valence-corrected chi connectivity index (χ0v) is 29.2. The van der Waals surface area contributed by atoms with E-state index in [9.17, 15) is 0 Å². The second kappa shape index (κ2) is 13.4. The third kappa shape index (κ3) is 6.88. The summed E-state index contributed by atoms with van der Waals surface area (Å²) in [7, 11) is 12.5. The van der Waals surface area contributed by atoms with E-state index in [0.717, 1.165) is 107 Å². The maximum Gasteiger partial charge on any atom is 0.220 e. The van der Waals surface area contributed by atoms with Crippen molar-refractivity contribution in [2.24, 2.45) is 15.8 Å². The highest BCUT2D eigenvalue weighted by Crippen LogP contribution is 2.33. The monoisotopic (exact) mass is 635 g/mol. The molecule has 1 saturated heterocycles. The number of aryl methyl sites for hydroxylation is 2. The fourth-order valence-corrected chi connectivity index (χ4v) is 6.59. The molecule has 4 heterocycles. The Bertz CT molecular complexity index is 1820. The molecule has 2 aromatic heterocycles. The minimum Gasteiger partial charge on any atom is -0.377 e. The van der Waals surface area contributed by atoms with Crippen molar-refractivity contribution in [3.05, 3.63) is 71.0 Å². The van der Waals surface area contributed by atoms with E-state index in [0.29, 0.717) is 5.84 Å². The van der Waals surface area contributed by atoms with E-state index in [4.69, 9.17) is 25.8 Å². The lowest BCUT2D eigenvalue weighted by Gasteiger charge is -2.41. The molecular weight excluding hydrogens is 586 g/mol. The van der Waals surface area contributed by atoms with Crippen LogP contribution in [-0.2, 0) is 0 Å². The Labute approximate surface area is 279 Å². The molecule has 47 heavy (non-hydrogen) atoms. The highest BCUT2D eigenvalue weighted by Gasteiger charge is 2.32. The lowest BCUT2D eigenvalue weighted by atomic mass is 10.0. The number of guanidine groups is 1. The molecule has 4 aromatic rings. The first-order chi connectivity index (χ1) is 22.5. The molecule has 11 heteroatoms. The molecule has 248 valence electrons. The first-order valence-corrected chi connectivity index (χ1v) is 16.5. The number of piperazine rings is 1. The van der Waals surface area contributed by atoms with Crippen molar-refractivity contribution in [3.8, 4) is 0 Å². The Hall–Kier alpha value is -4.32. The van der Waals surface area contributed by atoms with Gasteiger partial charge in [0.1, 0.15) is 0 Å². The Morgan fingerprint density at radius 2 is 1.36 bits per heavy atom. The van der Waals surface area contributed by atoms with Crippen LogP contribution in [0.15, 0.2) is 58.5 Å². The van der Waals surface area contributed by atoms with E-state index in [1.54, 1.807) is 5.01 Å². The summed E-state index contributed by atoms with van der Waals surface area (Å²) in [6, 6.07) is 16.9. The van der Waals surface area contributed by atoms with Crippen LogP contribution in [0.2, 0.25) is 0 Å². The SMILES string of the molecule is Cc1cc(N(C)C)c2cc(C3=NC(c4ccc5nc(C)cc(N(C)C)c5c4)N(N)C(N4CCN(CCCN(C)C)CC4)=N3)ccc2n1. The van der Waals surface area contributed by atoms with E-state index >= 15 is 0 Å². The van der Waals surface area contributed by atoms with Gasteiger partial charge >= 0.3 is 0 Å². The predicted octanol–water partition coefficient (Wildman–Crippen LogP) is 4.09. The third-order valence-electron chi connectivity index (χ3n) is 9.05. The van der Waals surface area contributed by atoms with Crippen LogP contribution in [0.25, 0.3) is 21.8 Å². The summed E-state index contributed by atoms with van der Waals surface area (Å²) >= 11 is 0. The highest BCUT2D eigenvalue weighted by atomic mass is 15.6. The maximum absolute atomic E-state index is 7.00. The van der Waals surface area contributed by atoms with Gasteiger partial charge < -0.3 is 19.6 Å². The van der Waals surface area contributed by atoms with Gasteiger partial charge in [-0.2, -0.15) is 4.99 Å². The van der Waals surface area contributed by atoms with E-state index in [1.807, 2.05) is 13.8 Å². The van der Waals surface area contributed by atoms with Gasteiger partial charge in [-0.25, -0.2) is 10.8 Å². The normalized spacial score (nSPS) is 17.4. The Morgan fingerprint density at radius 1 is 0.766 bits per heavy atom. The number of fused-ring (bicyclic) bond motifs is 2. The molecule has 0 aliphatic carbocycles. The molecule has 0 amide bonds. The number of benzene rings is 2. The predicted molar refractivity (Wildman–Crippen MR) is 196 cm³/mol. The molecule has 2 aromatic carbocycles. The average Bonchev–Trinajstić information content (AvgIpc) is 3.04. The Kier molecular flexibility index (Phi) is 9.32. The summed E-state index contributed by atoms with van der Waals surface area (Å²) in [5, 5.41) is 3.89. The molecule has 0 radical (unpaired) electrons. The molecule has 0 saturated carbocycles. The van der Waals surface area contributed by atoms with Crippen molar-refractivity contribution >= 4 is 45.0 Å². The van der Waals surface area contributed by atoms with Crippen LogP contribution in [0, 0.1) is 13.8 Å². The molecule has 1 unspecified atom stereocenters. The summed E-state index contributed by atoms with van der Waals surface area (Å²) in [5.41, 5.74) is 8.05. The van der Waals surface area contributed by atoms with Gasteiger partial charge in [-0.05, 0) is 95.5 Å². The van der Waals surface area contributed by atoms with Gasteiger partial charge in [0.15, 0.2) is 12.0 Å². The van der Waals surface area contributed by atoms with Crippen molar-refractivity contribution in [1.29, 1.82) is 0 Å². The van der Waals surface area contributed by atoms with Gasteiger partial charge in [-0.3, -0.25) is 19.9 Å². The van der Waals surface area contributed by atoms with Gasteiger partial charge in [-0.15, -0.1) is 0 Å². The van der Waals surface area contributed by atoms with Crippen molar-refractivity contribution < 1.29 is 0 Å². The number of aromatic nitrogens is 2. The topological polar surface area (TPSA) is 96.0 Å². The molecule has 0 bridgehead atoms. The van der Waals surface area contributed by atoms with Crippen molar-refractivity contribution in [1.82, 2.24) is 29.7 Å². The summed E-state index contributed by atoms with van der Waals surface area (Å²) < 4.78 is 0. The van der Waals surface area contributed by atoms with Gasteiger partial charge in [0.05, 0.1) is 11.0 Å². The lowest BCUT2D eigenvalue weighted by molar-refractivity contribution is 0.156. The molecule has 2 N–H and O–H groups in total. The number of hydrogen-bond acceptors (Lipinski definition) is 11. The van der Waals surface area contributed by atoms with Crippen LogP contribution in [0.5, 0.6) is 0 Å². The van der Waals surface area contributed by atoms with E-state index in [2.05, 4.69) is 115 Å². The van der Waals surface area contributed by atoms with Gasteiger partial charge in [0.25, 0.3) is 0 Å². The summed E-state index contributed by atoms with van der Waals surface area (Å²) in [6.45, 7) is 9.90. The van der Waals surface area contributed by atoms with Gasteiger partial charge in [-0.1, -0.05) is 6.07 Å². The fraction of sp³-hybridized carbons (Fsp3) is 0.444. The molecule has 0 spiro atoms. The minimum absolute atomic E-state index is 0.462. The van der Waals surface area contributed by atoms with Gasteiger partial charge in [0.2, 0.25) is 5.96 Å². The number of rotatable bonds is 8. The number of pyridine rings is 2. The molecule has 1 fully saturated rings. The van der Waals surface area contributed by atoms with Crippen molar-refractivity contribution in [2.45, 2.75) is 26.4 Å². The first-order valence-electron chi connectivity index (χ1n) is 16.5. The number of aliphatic imine (C=N–C) groups is 2. The van der Waals surface area contributed by atoms with Crippen molar-refractivity contribution in [3.63, 3.8) is 0 Å². The second-order valence-electron chi connectivity index (χ2n) is 13.5. The Balaban J connectivity index is 1.41.